The molecule has 0 bridgehead atoms. The molecule has 4 aromatic rings. The molecule has 4 rings (SSSR count). The normalized spacial score (nSPS) is 10.9. The molecule has 0 aliphatic heterocycles. The van der Waals surface area contributed by atoms with E-state index in [1.807, 2.05) is 47.8 Å². The van der Waals surface area contributed by atoms with Crippen LogP contribution in [0.15, 0.2) is 65.1 Å². The molecule has 2 aromatic carbocycles. The maximum atomic E-state index is 11.2. The number of nitrogens with zero attached hydrogens (tertiary/aromatic N) is 4. The summed E-state index contributed by atoms with van der Waals surface area (Å²) in [5.41, 5.74) is 3.00. The maximum Gasteiger partial charge on any atom is 0.223 e. The minimum atomic E-state index is -0.128. The summed E-state index contributed by atoms with van der Waals surface area (Å²) in [7, 11) is 0. The first-order chi connectivity index (χ1) is 14.6. The Labute approximate surface area is 187 Å². The Morgan fingerprint density at radius 3 is 2.63 bits per heavy atom. The lowest BCUT2D eigenvalue weighted by molar-refractivity contribution is -0.114. The van der Waals surface area contributed by atoms with Gasteiger partial charge in [-0.3, -0.25) is 9.36 Å². The Morgan fingerprint density at radius 1 is 1.13 bits per heavy atom. The number of halogens is 1. The third-order valence-electron chi connectivity index (χ3n) is 4.17. The number of rotatable bonds is 7. The van der Waals surface area contributed by atoms with Crippen molar-refractivity contribution in [3.05, 3.63) is 82.1 Å². The highest BCUT2D eigenvalue weighted by Gasteiger charge is 2.16. The van der Waals surface area contributed by atoms with Gasteiger partial charge in [0.25, 0.3) is 0 Å². The summed E-state index contributed by atoms with van der Waals surface area (Å²) in [6.45, 7) is 1.47. The molecule has 2 heterocycles. The highest BCUT2D eigenvalue weighted by molar-refractivity contribution is 7.98. The molecular weight excluding hydrogens is 438 g/mol. The van der Waals surface area contributed by atoms with E-state index in [1.54, 1.807) is 11.8 Å². The van der Waals surface area contributed by atoms with Crippen molar-refractivity contribution in [1.29, 1.82) is 0 Å². The van der Waals surface area contributed by atoms with E-state index >= 15 is 0 Å². The number of thioether (sulfide) groups is 1. The van der Waals surface area contributed by atoms with Gasteiger partial charge in [-0.2, -0.15) is 0 Å². The number of aromatic nitrogens is 4. The Kier molecular flexibility index (Phi) is 6.47. The summed E-state index contributed by atoms with van der Waals surface area (Å²) >= 11 is 9.04. The summed E-state index contributed by atoms with van der Waals surface area (Å²) in [4.78, 5) is 15.6. The molecule has 1 amide bonds. The number of thiazole rings is 1. The summed E-state index contributed by atoms with van der Waals surface area (Å²) in [5, 5.41) is 15.6. The summed E-state index contributed by atoms with van der Waals surface area (Å²) in [5.74, 6) is 1.34. The second-order valence-electron chi connectivity index (χ2n) is 6.49. The fraction of sp³-hybridized carbons (Fsp3) is 0.143. The zero-order chi connectivity index (χ0) is 20.9. The Balaban J connectivity index is 1.59. The highest BCUT2D eigenvalue weighted by Crippen LogP contribution is 2.28. The topological polar surface area (TPSA) is 72.7 Å². The Bertz CT molecular complexity index is 1140. The zero-order valence-electron chi connectivity index (χ0n) is 16.1. The van der Waals surface area contributed by atoms with Gasteiger partial charge in [-0.05, 0) is 29.8 Å². The van der Waals surface area contributed by atoms with Crippen LogP contribution >= 0.6 is 34.7 Å². The number of amides is 1. The van der Waals surface area contributed by atoms with E-state index in [2.05, 4.69) is 37.2 Å². The Hall–Kier alpha value is -2.68. The Morgan fingerprint density at radius 2 is 1.90 bits per heavy atom. The lowest BCUT2D eigenvalue weighted by Gasteiger charge is -2.10. The molecule has 0 unspecified atom stereocenters. The molecule has 0 spiro atoms. The SMILES string of the molecule is CC(=O)Nc1nc(CSc2nnc(Cc3ccccc3)n2-c2ccc(Cl)cc2)cs1. The van der Waals surface area contributed by atoms with Gasteiger partial charge in [0.2, 0.25) is 5.91 Å². The van der Waals surface area contributed by atoms with Crippen LogP contribution < -0.4 is 5.32 Å². The molecule has 0 aliphatic rings. The highest BCUT2D eigenvalue weighted by atomic mass is 35.5. The van der Waals surface area contributed by atoms with Gasteiger partial charge < -0.3 is 5.32 Å². The van der Waals surface area contributed by atoms with Gasteiger partial charge in [0, 0.05) is 35.2 Å². The van der Waals surface area contributed by atoms with Gasteiger partial charge in [0.1, 0.15) is 5.82 Å². The van der Waals surface area contributed by atoms with Gasteiger partial charge in [-0.25, -0.2) is 4.98 Å². The van der Waals surface area contributed by atoms with Crippen molar-refractivity contribution in [2.45, 2.75) is 24.3 Å². The van der Waals surface area contributed by atoms with Crippen molar-refractivity contribution in [2.24, 2.45) is 0 Å². The molecule has 0 radical (unpaired) electrons. The largest absolute Gasteiger partial charge is 0.302 e. The van der Waals surface area contributed by atoms with Crippen molar-refractivity contribution in [3.8, 4) is 5.69 Å². The van der Waals surface area contributed by atoms with Crippen molar-refractivity contribution in [1.82, 2.24) is 19.7 Å². The average Bonchev–Trinajstić information content (AvgIpc) is 3.34. The molecule has 1 N–H and O–H groups in total. The van der Waals surface area contributed by atoms with Crippen LogP contribution in [0.5, 0.6) is 0 Å². The van der Waals surface area contributed by atoms with Crippen LogP contribution in [0.4, 0.5) is 5.13 Å². The predicted molar refractivity (Wildman–Crippen MR) is 122 cm³/mol. The van der Waals surface area contributed by atoms with Crippen molar-refractivity contribution >= 4 is 45.7 Å². The number of carbonyl (C=O) groups excluding carboxylic acids is 1. The molecule has 0 atom stereocenters. The van der Waals surface area contributed by atoms with E-state index in [0.29, 0.717) is 22.3 Å². The van der Waals surface area contributed by atoms with E-state index in [4.69, 9.17) is 11.6 Å². The number of carbonyl (C=O) groups is 1. The molecule has 0 aliphatic carbocycles. The number of anilines is 1. The van der Waals surface area contributed by atoms with Gasteiger partial charge >= 0.3 is 0 Å². The van der Waals surface area contributed by atoms with Crippen LogP contribution in [-0.2, 0) is 17.0 Å². The van der Waals surface area contributed by atoms with E-state index in [0.717, 1.165) is 27.9 Å². The second-order valence-corrected chi connectivity index (χ2v) is 8.72. The minimum absolute atomic E-state index is 0.128. The van der Waals surface area contributed by atoms with Crippen LogP contribution in [0.3, 0.4) is 0 Å². The molecule has 0 saturated carbocycles. The van der Waals surface area contributed by atoms with Gasteiger partial charge in [-0.15, -0.1) is 21.5 Å². The first-order valence-electron chi connectivity index (χ1n) is 9.17. The molecule has 2 aromatic heterocycles. The molecule has 6 nitrogen and oxygen atoms in total. The smallest absolute Gasteiger partial charge is 0.223 e. The number of benzene rings is 2. The lowest BCUT2D eigenvalue weighted by atomic mass is 10.1. The van der Waals surface area contributed by atoms with E-state index < -0.39 is 0 Å². The third-order valence-corrected chi connectivity index (χ3v) is 6.20. The minimum Gasteiger partial charge on any atom is -0.302 e. The van der Waals surface area contributed by atoms with Crippen molar-refractivity contribution in [3.63, 3.8) is 0 Å². The summed E-state index contributed by atoms with van der Waals surface area (Å²) in [6.07, 6.45) is 0.667. The standard InChI is InChI=1S/C21H18ClN5OS2/c1-14(28)23-20-24-17(12-29-20)13-30-21-26-25-19(11-15-5-3-2-4-6-15)27(21)18-9-7-16(22)8-10-18/h2-10,12H,11,13H2,1H3,(H,23,24,28). The van der Waals surface area contributed by atoms with Crippen LogP contribution in [0.2, 0.25) is 5.02 Å². The van der Waals surface area contributed by atoms with E-state index in [9.17, 15) is 4.79 Å². The molecule has 9 heteroatoms. The first-order valence-corrected chi connectivity index (χ1v) is 11.4. The predicted octanol–water partition coefficient (Wildman–Crippen LogP) is 5.22. The summed E-state index contributed by atoms with van der Waals surface area (Å²) in [6, 6.07) is 17.8. The number of hydrogen-bond acceptors (Lipinski definition) is 6. The van der Waals surface area contributed by atoms with Crippen LogP contribution in [0.1, 0.15) is 24.0 Å². The fourth-order valence-electron chi connectivity index (χ4n) is 2.86. The van der Waals surface area contributed by atoms with Gasteiger partial charge in [-0.1, -0.05) is 53.7 Å². The van der Waals surface area contributed by atoms with E-state index in [-0.39, 0.29) is 5.91 Å². The van der Waals surface area contributed by atoms with Crippen LogP contribution in [0, 0.1) is 0 Å². The number of hydrogen-bond donors (Lipinski definition) is 1. The molecule has 152 valence electrons. The van der Waals surface area contributed by atoms with Crippen molar-refractivity contribution in [2.75, 3.05) is 5.32 Å². The fourth-order valence-corrected chi connectivity index (χ4v) is 4.71. The van der Waals surface area contributed by atoms with Gasteiger partial charge in [0.05, 0.1) is 5.69 Å². The average molecular weight is 456 g/mol. The second kappa shape index (κ2) is 9.42. The number of nitrogens with one attached hydrogen (secondary N) is 1. The van der Waals surface area contributed by atoms with Crippen LogP contribution in [-0.4, -0.2) is 25.7 Å². The zero-order valence-corrected chi connectivity index (χ0v) is 18.5. The monoisotopic (exact) mass is 455 g/mol. The summed E-state index contributed by atoms with van der Waals surface area (Å²) < 4.78 is 2.05. The van der Waals surface area contributed by atoms with Crippen molar-refractivity contribution < 1.29 is 4.79 Å². The lowest BCUT2D eigenvalue weighted by Crippen LogP contribution is -2.05. The first kappa shape index (κ1) is 20.6. The van der Waals surface area contributed by atoms with Crippen LogP contribution in [0.25, 0.3) is 5.69 Å². The quantitative estimate of drug-likeness (QED) is 0.387. The van der Waals surface area contributed by atoms with Gasteiger partial charge in [0.15, 0.2) is 10.3 Å². The maximum absolute atomic E-state index is 11.2. The molecule has 30 heavy (non-hydrogen) atoms. The van der Waals surface area contributed by atoms with E-state index in [1.165, 1.54) is 18.3 Å². The molecular formula is C21H18ClN5OS2. The molecule has 0 saturated heterocycles. The third kappa shape index (κ3) is 5.08. The molecule has 0 fully saturated rings.